The summed E-state index contributed by atoms with van der Waals surface area (Å²) in [6.07, 6.45) is 7.05. The zero-order valence-corrected chi connectivity index (χ0v) is 10.7. The van der Waals surface area contributed by atoms with Crippen LogP contribution in [0.2, 0.25) is 0 Å². The number of imide groups is 2. The van der Waals surface area contributed by atoms with Gasteiger partial charge < -0.3 is 0 Å². The highest BCUT2D eigenvalue weighted by molar-refractivity contribution is 7.99. The molecule has 4 amide bonds. The second-order valence-electron chi connectivity index (χ2n) is 4.41. The molecule has 0 aromatic rings. The molecule has 1 spiro atoms. The van der Waals surface area contributed by atoms with Gasteiger partial charge in [-0.05, 0) is 12.8 Å². The van der Waals surface area contributed by atoms with Gasteiger partial charge in [0.2, 0.25) is 11.8 Å². The van der Waals surface area contributed by atoms with Crippen molar-refractivity contribution in [3.8, 4) is 12.3 Å². The van der Waals surface area contributed by atoms with Gasteiger partial charge in [0.1, 0.15) is 5.41 Å². The second-order valence-corrected chi connectivity index (χ2v) is 5.51. The highest BCUT2D eigenvalue weighted by atomic mass is 32.2. The molecule has 0 radical (unpaired) electrons. The van der Waals surface area contributed by atoms with E-state index in [0.717, 1.165) is 11.3 Å². The van der Waals surface area contributed by atoms with Crippen LogP contribution >= 0.6 is 11.8 Å². The summed E-state index contributed by atoms with van der Waals surface area (Å²) in [5, 5.41) is 2.27. The number of hydrogen-bond acceptors (Lipinski definition) is 4. The van der Waals surface area contributed by atoms with Gasteiger partial charge in [-0.2, -0.15) is 0 Å². The van der Waals surface area contributed by atoms with Crippen LogP contribution in [0.5, 0.6) is 0 Å². The number of barbiturate groups is 1. The van der Waals surface area contributed by atoms with E-state index < -0.39 is 17.4 Å². The van der Waals surface area contributed by atoms with Gasteiger partial charge in [-0.3, -0.25) is 19.8 Å². The second kappa shape index (κ2) is 5.02. The van der Waals surface area contributed by atoms with E-state index in [1.165, 1.54) is 11.8 Å². The van der Waals surface area contributed by atoms with Crippen LogP contribution in [0.3, 0.4) is 0 Å². The van der Waals surface area contributed by atoms with Crippen LogP contribution in [0.15, 0.2) is 0 Å². The molecule has 1 aliphatic carbocycles. The summed E-state index contributed by atoms with van der Waals surface area (Å²) in [6, 6.07) is -0.608. The highest BCUT2D eigenvalue weighted by Crippen LogP contribution is 2.44. The van der Waals surface area contributed by atoms with Gasteiger partial charge in [-0.25, -0.2) is 4.79 Å². The third-order valence-electron chi connectivity index (χ3n) is 3.41. The summed E-state index contributed by atoms with van der Waals surface area (Å²) in [7, 11) is 0. The fourth-order valence-corrected chi connectivity index (χ4v) is 2.77. The van der Waals surface area contributed by atoms with Crippen LogP contribution in [0.1, 0.15) is 19.3 Å². The number of nitrogens with zero attached hydrogens (tertiary/aromatic N) is 1. The zero-order valence-electron chi connectivity index (χ0n) is 9.90. The Labute approximate surface area is 110 Å². The average Bonchev–Trinajstić information content (AvgIpc) is 2.25. The van der Waals surface area contributed by atoms with E-state index in [9.17, 15) is 14.4 Å². The van der Waals surface area contributed by atoms with Crippen molar-refractivity contribution in [3.05, 3.63) is 0 Å². The number of amides is 4. The van der Waals surface area contributed by atoms with Crippen LogP contribution in [0, 0.1) is 17.8 Å². The highest BCUT2D eigenvalue weighted by Gasteiger charge is 2.57. The smallest absolute Gasteiger partial charge is 0.277 e. The number of rotatable bonds is 4. The number of carbonyl (C=O) groups excluding carboxylic acids is 3. The Bertz CT molecular complexity index is 437. The van der Waals surface area contributed by atoms with Gasteiger partial charge in [0, 0.05) is 12.3 Å². The summed E-state index contributed by atoms with van der Waals surface area (Å²) in [5.41, 5.74) is -0.968. The number of terminal acetylenes is 1. The van der Waals surface area contributed by atoms with E-state index in [4.69, 9.17) is 6.42 Å². The quantitative estimate of drug-likeness (QED) is 0.460. The van der Waals surface area contributed by atoms with Gasteiger partial charge in [-0.1, -0.05) is 12.3 Å². The van der Waals surface area contributed by atoms with Crippen molar-refractivity contribution < 1.29 is 14.4 Å². The van der Waals surface area contributed by atoms with Crippen LogP contribution in [0.25, 0.3) is 0 Å². The molecule has 0 aromatic carbocycles. The van der Waals surface area contributed by atoms with E-state index in [2.05, 4.69) is 11.2 Å². The fraction of sp³-hybridized carbons (Fsp3) is 0.583. The molecule has 1 aliphatic heterocycles. The molecule has 2 aliphatic rings. The van der Waals surface area contributed by atoms with E-state index in [1.54, 1.807) is 0 Å². The molecule has 0 bridgehead atoms. The Hall–Kier alpha value is -1.48. The summed E-state index contributed by atoms with van der Waals surface area (Å²) in [4.78, 5) is 36.7. The Morgan fingerprint density at radius 1 is 1.39 bits per heavy atom. The maximum atomic E-state index is 12.2. The summed E-state index contributed by atoms with van der Waals surface area (Å²) in [6.45, 7) is 0.298. The molecule has 1 N–H and O–H groups in total. The average molecular weight is 266 g/mol. The summed E-state index contributed by atoms with van der Waals surface area (Å²) in [5.74, 6) is 2.84. The maximum absolute atomic E-state index is 12.2. The van der Waals surface area contributed by atoms with Crippen molar-refractivity contribution in [2.75, 3.05) is 18.1 Å². The Balaban J connectivity index is 2.01. The number of nitrogens with one attached hydrogen (secondary N) is 1. The molecule has 0 atom stereocenters. The molecule has 2 rings (SSSR count). The van der Waals surface area contributed by atoms with Crippen LogP contribution in [-0.2, 0) is 9.59 Å². The van der Waals surface area contributed by atoms with Crippen molar-refractivity contribution in [2.24, 2.45) is 5.41 Å². The monoisotopic (exact) mass is 266 g/mol. The van der Waals surface area contributed by atoms with E-state index >= 15 is 0 Å². The first-order valence-corrected chi connectivity index (χ1v) is 6.96. The third kappa shape index (κ3) is 1.99. The SMILES string of the molecule is C#CCSCCN1C(=O)NC(=O)C2(CCC2)C1=O. The first-order valence-electron chi connectivity index (χ1n) is 5.80. The summed E-state index contributed by atoms with van der Waals surface area (Å²) < 4.78 is 0. The van der Waals surface area contributed by atoms with E-state index in [-0.39, 0.29) is 5.91 Å². The molecular formula is C12H14N2O3S. The lowest BCUT2D eigenvalue weighted by Gasteiger charge is -2.44. The molecule has 0 unspecified atom stereocenters. The first kappa shape index (κ1) is 13.0. The van der Waals surface area contributed by atoms with Gasteiger partial charge in [0.25, 0.3) is 0 Å². The van der Waals surface area contributed by atoms with Crippen molar-refractivity contribution >= 4 is 29.6 Å². The zero-order chi connectivity index (χ0) is 13.2. The van der Waals surface area contributed by atoms with Gasteiger partial charge in [0.15, 0.2) is 0 Å². The molecule has 6 heteroatoms. The lowest BCUT2D eigenvalue weighted by atomic mass is 9.66. The van der Waals surface area contributed by atoms with Crippen LogP contribution in [-0.4, -0.2) is 40.8 Å². The Morgan fingerprint density at radius 2 is 2.11 bits per heavy atom. The molecule has 2 fully saturated rings. The molecular weight excluding hydrogens is 252 g/mol. The molecule has 1 heterocycles. The lowest BCUT2D eigenvalue weighted by molar-refractivity contribution is -0.157. The minimum atomic E-state index is -0.968. The van der Waals surface area contributed by atoms with E-state index in [1.807, 2.05) is 0 Å². The number of urea groups is 1. The minimum absolute atomic E-state index is 0.298. The molecule has 1 saturated heterocycles. The minimum Gasteiger partial charge on any atom is -0.277 e. The van der Waals surface area contributed by atoms with E-state index in [0.29, 0.717) is 30.9 Å². The van der Waals surface area contributed by atoms with Crippen molar-refractivity contribution in [1.82, 2.24) is 10.2 Å². The lowest BCUT2D eigenvalue weighted by Crippen LogP contribution is -2.66. The van der Waals surface area contributed by atoms with Crippen molar-refractivity contribution in [1.29, 1.82) is 0 Å². The fourth-order valence-electron chi connectivity index (χ4n) is 2.19. The molecule has 5 nitrogen and oxygen atoms in total. The Morgan fingerprint density at radius 3 is 2.67 bits per heavy atom. The van der Waals surface area contributed by atoms with Gasteiger partial charge in [0.05, 0.1) is 5.75 Å². The number of hydrogen-bond donors (Lipinski definition) is 1. The standard InChI is InChI=1S/C12H14N2O3S/c1-2-7-18-8-6-14-10(16)12(4-3-5-12)9(15)13-11(14)17/h1H,3-8H2,(H,13,15,17). The molecule has 18 heavy (non-hydrogen) atoms. The summed E-state index contributed by atoms with van der Waals surface area (Å²) >= 11 is 1.48. The molecule has 0 aromatic heterocycles. The maximum Gasteiger partial charge on any atom is 0.330 e. The number of thioether (sulfide) groups is 1. The Kier molecular flexibility index (Phi) is 3.62. The predicted octanol–water partition coefficient (Wildman–Crippen LogP) is 0.601. The third-order valence-corrected chi connectivity index (χ3v) is 4.25. The van der Waals surface area contributed by atoms with Crippen molar-refractivity contribution in [2.45, 2.75) is 19.3 Å². The number of carbonyl (C=O) groups is 3. The normalized spacial score (nSPS) is 21.5. The van der Waals surface area contributed by atoms with Gasteiger partial charge >= 0.3 is 6.03 Å². The van der Waals surface area contributed by atoms with Crippen molar-refractivity contribution in [3.63, 3.8) is 0 Å². The van der Waals surface area contributed by atoms with Gasteiger partial charge in [-0.15, -0.1) is 18.2 Å². The topological polar surface area (TPSA) is 66.5 Å². The predicted molar refractivity (Wildman–Crippen MR) is 67.7 cm³/mol. The molecule has 1 saturated carbocycles. The first-order chi connectivity index (χ1) is 8.62. The largest absolute Gasteiger partial charge is 0.330 e. The molecule has 96 valence electrons. The van der Waals surface area contributed by atoms with Crippen LogP contribution < -0.4 is 5.32 Å². The van der Waals surface area contributed by atoms with Crippen LogP contribution in [0.4, 0.5) is 4.79 Å².